The van der Waals surface area contributed by atoms with Crippen LogP contribution in [0.2, 0.25) is 0 Å². The van der Waals surface area contributed by atoms with Crippen molar-refractivity contribution >= 4 is 17.5 Å². The zero-order valence-corrected chi connectivity index (χ0v) is 23.5. The number of fused-ring (bicyclic) bond motifs is 7. The van der Waals surface area contributed by atoms with Crippen molar-refractivity contribution < 1.29 is 42.5 Å². The SMILES string of the molecule is CCCC1O[C@@H]2C[C@H]3[C@@H]4C[C@H](F)C5=CC(=O)C=C[C@]5(C)[C@@]4(F)[C@@H](O)C[C@]3(C)[C@]2(C(=O)COCNC(=O)CNC)O1. The van der Waals surface area contributed by atoms with Crippen molar-refractivity contribution in [1.29, 1.82) is 0 Å². The van der Waals surface area contributed by atoms with Crippen LogP contribution < -0.4 is 10.6 Å². The standard InChI is InChI=1S/C29H40F2N2O7/c1-5-6-25-39-23-11-17-18-10-20(30)19-9-16(34)7-8-26(19,2)28(18,31)21(35)12-27(17,3)29(23,40-25)22(36)14-38-15-33-24(37)13-32-4/h7-9,17-18,20-21,23,25,32,35H,5-6,10-15H2,1-4H3,(H,33,37)/t17-,18-,20-,21-,23+,25?,26-,27-,28-,29+/m0/s1. The molecule has 10 atom stereocenters. The number of rotatable bonds is 9. The zero-order chi connectivity index (χ0) is 29.1. The lowest BCUT2D eigenvalue weighted by Gasteiger charge is -2.63. The summed E-state index contributed by atoms with van der Waals surface area (Å²) in [5.41, 5.74) is -6.34. The number of hydrogen-bond donors (Lipinski definition) is 3. The highest BCUT2D eigenvalue weighted by Gasteiger charge is 2.79. The summed E-state index contributed by atoms with van der Waals surface area (Å²) in [6.07, 6.45) is 0.493. The van der Waals surface area contributed by atoms with Gasteiger partial charge >= 0.3 is 0 Å². The Morgan fingerprint density at radius 3 is 2.70 bits per heavy atom. The monoisotopic (exact) mass is 566 g/mol. The second-order valence-corrected chi connectivity index (χ2v) is 12.3. The number of hydrogen-bond acceptors (Lipinski definition) is 8. The van der Waals surface area contributed by atoms with Crippen LogP contribution in [0.15, 0.2) is 23.8 Å². The molecule has 0 aromatic rings. The fourth-order valence-electron chi connectivity index (χ4n) is 8.49. The van der Waals surface area contributed by atoms with Gasteiger partial charge in [0.05, 0.1) is 18.8 Å². The Labute approximate surface area is 233 Å². The summed E-state index contributed by atoms with van der Waals surface area (Å²) in [7, 11) is 1.63. The van der Waals surface area contributed by atoms with E-state index in [1.54, 1.807) is 14.0 Å². The lowest BCUT2D eigenvalue weighted by molar-refractivity contribution is -0.235. The van der Waals surface area contributed by atoms with Gasteiger partial charge in [-0.2, -0.15) is 0 Å². The molecule has 1 unspecified atom stereocenters. The largest absolute Gasteiger partial charge is 0.390 e. The third kappa shape index (κ3) is 3.99. The second-order valence-electron chi connectivity index (χ2n) is 12.3. The van der Waals surface area contributed by atoms with Crippen LogP contribution in [0.1, 0.15) is 52.9 Å². The normalized spacial score (nSPS) is 45.3. The second kappa shape index (κ2) is 10.3. The van der Waals surface area contributed by atoms with E-state index in [-0.39, 0.29) is 50.6 Å². The minimum atomic E-state index is -2.26. The number of amides is 1. The van der Waals surface area contributed by atoms with Gasteiger partial charge in [0.1, 0.15) is 19.5 Å². The Hall–Kier alpha value is -2.05. The van der Waals surface area contributed by atoms with E-state index in [1.165, 1.54) is 12.2 Å². The molecule has 5 rings (SSSR count). The van der Waals surface area contributed by atoms with Gasteiger partial charge in [0.15, 0.2) is 29.1 Å². The maximum atomic E-state index is 17.5. The topological polar surface area (TPSA) is 123 Å². The summed E-state index contributed by atoms with van der Waals surface area (Å²) in [5, 5.41) is 16.9. The quantitative estimate of drug-likeness (QED) is 0.287. The molecule has 1 heterocycles. The third-order valence-corrected chi connectivity index (χ3v) is 10.3. The number of aliphatic hydroxyl groups excluding tert-OH is 1. The summed E-state index contributed by atoms with van der Waals surface area (Å²) in [5.74, 6) is -2.61. The van der Waals surface area contributed by atoms with Gasteiger partial charge in [-0.25, -0.2) is 8.78 Å². The van der Waals surface area contributed by atoms with Crippen LogP contribution >= 0.6 is 0 Å². The molecule has 0 aromatic heterocycles. The van der Waals surface area contributed by atoms with E-state index in [0.717, 1.165) is 12.5 Å². The van der Waals surface area contributed by atoms with Gasteiger partial charge in [-0.15, -0.1) is 0 Å². The number of carbonyl (C=O) groups excluding carboxylic acids is 3. The van der Waals surface area contributed by atoms with Crippen LogP contribution in [0.3, 0.4) is 0 Å². The van der Waals surface area contributed by atoms with Crippen LogP contribution in [0.5, 0.6) is 0 Å². The summed E-state index contributed by atoms with van der Waals surface area (Å²) in [6, 6.07) is 0. The number of carbonyl (C=O) groups is 3. The van der Waals surface area contributed by atoms with Crippen LogP contribution in [0.4, 0.5) is 8.78 Å². The molecule has 3 saturated carbocycles. The number of likely N-dealkylation sites (N-methyl/N-ethyl adjacent to an activating group) is 1. The molecule has 0 radical (unpaired) electrons. The molecule has 40 heavy (non-hydrogen) atoms. The molecule has 222 valence electrons. The van der Waals surface area contributed by atoms with Gasteiger partial charge in [-0.1, -0.05) is 26.3 Å². The van der Waals surface area contributed by atoms with Crippen LogP contribution in [-0.4, -0.2) is 85.4 Å². The van der Waals surface area contributed by atoms with Gasteiger partial charge in [-0.3, -0.25) is 14.4 Å². The van der Waals surface area contributed by atoms with E-state index in [0.29, 0.717) is 6.42 Å². The molecule has 11 heteroatoms. The van der Waals surface area contributed by atoms with E-state index in [1.807, 2.05) is 13.8 Å². The summed E-state index contributed by atoms with van der Waals surface area (Å²) in [6.45, 7) is 4.85. The van der Waals surface area contributed by atoms with Gasteiger partial charge < -0.3 is 30.0 Å². The molecule has 9 nitrogen and oxygen atoms in total. The van der Waals surface area contributed by atoms with Crippen LogP contribution in [0.25, 0.3) is 0 Å². The van der Waals surface area contributed by atoms with Crippen molar-refractivity contribution in [2.45, 2.75) is 88.8 Å². The van der Waals surface area contributed by atoms with E-state index in [4.69, 9.17) is 14.2 Å². The van der Waals surface area contributed by atoms with Crippen molar-refractivity contribution in [3.63, 3.8) is 0 Å². The number of ketones is 2. The predicted octanol–water partition coefficient (Wildman–Crippen LogP) is 2.07. The van der Waals surface area contributed by atoms with Crippen LogP contribution in [-0.2, 0) is 28.6 Å². The molecule has 1 amide bonds. The van der Waals surface area contributed by atoms with Gasteiger partial charge in [0.25, 0.3) is 0 Å². The van der Waals surface area contributed by atoms with Crippen molar-refractivity contribution in [3.05, 3.63) is 23.8 Å². The fraction of sp³-hybridized carbons (Fsp3) is 0.759. The first kappa shape index (κ1) is 29.4. The molecule has 1 saturated heterocycles. The smallest absolute Gasteiger partial charge is 0.235 e. The first-order valence-electron chi connectivity index (χ1n) is 14.2. The number of nitrogens with one attached hydrogen (secondary N) is 2. The molecular weight excluding hydrogens is 526 g/mol. The van der Waals surface area contributed by atoms with Crippen molar-refractivity contribution in [3.8, 4) is 0 Å². The van der Waals surface area contributed by atoms with Gasteiger partial charge in [0, 0.05) is 16.7 Å². The fourth-order valence-corrected chi connectivity index (χ4v) is 8.49. The molecule has 0 bridgehead atoms. The zero-order valence-electron chi connectivity index (χ0n) is 23.5. The Morgan fingerprint density at radius 2 is 2.00 bits per heavy atom. The molecule has 3 N–H and O–H groups in total. The van der Waals surface area contributed by atoms with E-state index in [9.17, 15) is 19.5 Å². The lowest BCUT2D eigenvalue weighted by atomic mass is 9.44. The average molecular weight is 567 g/mol. The maximum Gasteiger partial charge on any atom is 0.235 e. The lowest BCUT2D eigenvalue weighted by Crippen LogP contribution is -2.71. The van der Waals surface area contributed by atoms with E-state index < -0.39 is 70.2 Å². The highest BCUT2D eigenvalue weighted by Crippen LogP contribution is 2.72. The van der Waals surface area contributed by atoms with Crippen molar-refractivity contribution in [2.75, 3.05) is 26.9 Å². The first-order chi connectivity index (χ1) is 18.9. The minimum Gasteiger partial charge on any atom is -0.390 e. The summed E-state index contributed by atoms with van der Waals surface area (Å²) >= 11 is 0. The number of ether oxygens (including phenoxy) is 3. The maximum absolute atomic E-state index is 17.5. The van der Waals surface area contributed by atoms with Gasteiger partial charge in [0.2, 0.25) is 5.91 Å². The Bertz CT molecular complexity index is 1130. The Kier molecular flexibility index (Phi) is 7.61. The molecule has 0 spiro atoms. The average Bonchev–Trinajstić information content (AvgIpc) is 3.37. The molecule has 0 aromatic carbocycles. The van der Waals surface area contributed by atoms with E-state index in [2.05, 4.69) is 10.6 Å². The predicted molar refractivity (Wildman–Crippen MR) is 139 cm³/mol. The van der Waals surface area contributed by atoms with Crippen molar-refractivity contribution in [1.82, 2.24) is 10.6 Å². The minimum absolute atomic E-state index is 0.0506. The van der Waals surface area contributed by atoms with Crippen molar-refractivity contribution in [2.24, 2.45) is 22.7 Å². The summed E-state index contributed by atoms with van der Waals surface area (Å²) < 4.78 is 51.4. The number of allylic oxidation sites excluding steroid dienone is 4. The molecule has 4 fully saturated rings. The Balaban J connectivity index is 1.48. The molecule has 1 aliphatic heterocycles. The molecule has 5 aliphatic rings. The van der Waals surface area contributed by atoms with Crippen LogP contribution in [0, 0.1) is 22.7 Å². The number of halogens is 2. The number of alkyl halides is 2. The highest BCUT2D eigenvalue weighted by molar-refractivity contribution is 6.01. The number of aliphatic hydroxyl groups is 1. The third-order valence-electron chi connectivity index (χ3n) is 10.3. The summed E-state index contributed by atoms with van der Waals surface area (Å²) in [4.78, 5) is 37.8. The van der Waals surface area contributed by atoms with E-state index >= 15 is 8.78 Å². The molecule has 4 aliphatic carbocycles. The Morgan fingerprint density at radius 1 is 1.25 bits per heavy atom. The van der Waals surface area contributed by atoms with Gasteiger partial charge in [-0.05, 0) is 63.3 Å². The first-order valence-corrected chi connectivity index (χ1v) is 14.2. The number of Topliss-reactive ketones (excluding diaryl/α,β-unsaturated/α-hetero) is 1. The highest BCUT2D eigenvalue weighted by atomic mass is 19.1. The molecular formula is C29H40F2N2O7.